The standard InChI is InChI=1S/C8H7BrClN.H3O4P/c9-8-5-6-3-1-2-4-7(6)11(8)10;1-5(2,3)4/h1-4,8H,5H2;(H3,1,2,3,4). The molecule has 0 fully saturated rings. The minimum absolute atomic E-state index is 0.251. The van der Waals surface area contributed by atoms with Crippen LogP contribution in [0, 0.1) is 0 Å². The molecular weight excluding hydrogens is 320 g/mol. The lowest BCUT2D eigenvalue weighted by atomic mass is 10.2. The Morgan fingerprint density at radius 1 is 1.38 bits per heavy atom. The van der Waals surface area contributed by atoms with Crippen LogP contribution in [0.3, 0.4) is 0 Å². The van der Waals surface area contributed by atoms with Gasteiger partial charge in [-0.25, -0.2) is 4.57 Å². The van der Waals surface area contributed by atoms with Crippen LogP contribution in [0.1, 0.15) is 5.56 Å². The zero-order chi connectivity index (χ0) is 12.3. The van der Waals surface area contributed by atoms with Crippen molar-refractivity contribution in [2.24, 2.45) is 0 Å². The number of hydrogen-bond donors (Lipinski definition) is 3. The number of nitrogens with zero attached hydrogens (tertiary/aromatic N) is 1. The number of hydrogen-bond acceptors (Lipinski definition) is 2. The highest BCUT2D eigenvalue weighted by Crippen LogP contribution is 2.35. The van der Waals surface area contributed by atoms with Gasteiger partial charge in [-0.2, -0.15) is 0 Å². The molecule has 5 nitrogen and oxygen atoms in total. The van der Waals surface area contributed by atoms with Gasteiger partial charge < -0.3 is 14.7 Å². The maximum atomic E-state index is 8.88. The van der Waals surface area contributed by atoms with Gasteiger partial charge >= 0.3 is 7.82 Å². The van der Waals surface area contributed by atoms with Gasteiger partial charge in [0, 0.05) is 18.2 Å². The second-order valence-electron chi connectivity index (χ2n) is 3.09. The number of alkyl halides is 1. The van der Waals surface area contributed by atoms with E-state index in [2.05, 4.69) is 22.0 Å². The van der Waals surface area contributed by atoms with Crippen LogP contribution in [0.2, 0.25) is 0 Å². The molecule has 0 saturated carbocycles. The monoisotopic (exact) mass is 329 g/mol. The summed E-state index contributed by atoms with van der Waals surface area (Å²) in [5.74, 6) is 0. The van der Waals surface area contributed by atoms with Crippen LogP contribution in [0.25, 0.3) is 0 Å². The predicted octanol–water partition coefficient (Wildman–Crippen LogP) is 2.00. The Kier molecular flexibility index (Phi) is 4.79. The number of rotatable bonds is 0. The van der Waals surface area contributed by atoms with Crippen LogP contribution in [0.15, 0.2) is 24.3 Å². The molecule has 0 amide bonds. The van der Waals surface area contributed by atoms with Crippen molar-refractivity contribution in [3.05, 3.63) is 29.8 Å². The van der Waals surface area contributed by atoms with Gasteiger partial charge in [0.15, 0.2) is 0 Å². The van der Waals surface area contributed by atoms with Gasteiger partial charge in [-0.05, 0) is 11.6 Å². The Morgan fingerprint density at radius 3 is 2.38 bits per heavy atom. The van der Waals surface area contributed by atoms with Crippen LogP contribution in [-0.4, -0.2) is 19.6 Å². The SMILES string of the molecule is ClN1c2ccccc2CC1Br.O=P(O)(O)O. The van der Waals surface area contributed by atoms with Crippen molar-refractivity contribution in [1.82, 2.24) is 0 Å². The first-order valence-corrected chi connectivity index (χ1v) is 7.06. The van der Waals surface area contributed by atoms with Gasteiger partial charge in [0.1, 0.15) is 4.95 Å². The Hall–Kier alpha value is -0.100. The molecule has 3 N–H and O–H groups in total. The molecule has 1 aliphatic heterocycles. The molecule has 8 heteroatoms. The van der Waals surface area contributed by atoms with Gasteiger partial charge in [0.25, 0.3) is 0 Å². The first kappa shape index (κ1) is 14.0. The van der Waals surface area contributed by atoms with E-state index in [4.69, 9.17) is 31.0 Å². The van der Waals surface area contributed by atoms with Crippen molar-refractivity contribution < 1.29 is 19.2 Å². The first-order valence-electron chi connectivity index (χ1n) is 4.24. The molecule has 0 aliphatic carbocycles. The number of para-hydroxylation sites is 1. The average Bonchev–Trinajstić information content (AvgIpc) is 2.41. The van der Waals surface area contributed by atoms with Gasteiger partial charge in [-0.1, -0.05) is 34.1 Å². The summed E-state index contributed by atoms with van der Waals surface area (Å²) < 4.78 is 10.6. The number of benzene rings is 1. The van der Waals surface area contributed by atoms with E-state index in [0.29, 0.717) is 0 Å². The highest BCUT2D eigenvalue weighted by atomic mass is 79.9. The van der Waals surface area contributed by atoms with Gasteiger partial charge in [0.05, 0.1) is 5.69 Å². The zero-order valence-corrected chi connectivity index (χ0v) is 11.2. The third kappa shape index (κ3) is 4.41. The van der Waals surface area contributed by atoms with Crippen molar-refractivity contribution in [2.45, 2.75) is 11.4 Å². The van der Waals surface area contributed by atoms with Gasteiger partial charge in [-0.3, -0.25) is 4.42 Å². The Morgan fingerprint density at radius 2 is 1.88 bits per heavy atom. The second-order valence-corrected chi connectivity index (χ2v) is 5.54. The molecular formula is C8H10BrClNO4P. The van der Waals surface area contributed by atoms with Crippen molar-refractivity contribution in [3.8, 4) is 0 Å². The molecule has 16 heavy (non-hydrogen) atoms. The zero-order valence-electron chi connectivity index (χ0n) is 7.99. The van der Waals surface area contributed by atoms with Crippen LogP contribution in [0.5, 0.6) is 0 Å². The highest BCUT2D eigenvalue weighted by molar-refractivity contribution is 9.09. The number of fused-ring (bicyclic) bond motifs is 1. The third-order valence-electron chi connectivity index (χ3n) is 1.86. The Labute approximate surface area is 106 Å². The lowest BCUT2D eigenvalue weighted by Crippen LogP contribution is -2.14. The van der Waals surface area contributed by atoms with Crippen LogP contribution >= 0.6 is 35.5 Å². The lowest BCUT2D eigenvalue weighted by Gasteiger charge is -2.11. The largest absolute Gasteiger partial charge is 0.466 e. The van der Waals surface area contributed by atoms with E-state index in [1.807, 2.05) is 18.2 Å². The molecule has 0 bridgehead atoms. The minimum atomic E-state index is -4.64. The normalized spacial score (nSPS) is 18.8. The van der Waals surface area contributed by atoms with E-state index < -0.39 is 7.82 Å². The van der Waals surface area contributed by atoms with Crippen molar-refractivity contribution in [2.75, 3.05) is 4.42 Å². The molecule has 1 aromatic rings. The van der Waals surface area contributed by atoms with Gasteiger partial charge in [-0.15, -0.1) is 0 Å². The van der Waals surface area contributed by atoms with Crippen LogP contribution in [0.4, 0.5) is 5.69 Å². The number of anilines is 1. The lowest BCUT2D eigenvalue weighted by molar-refractivity contribution is 0.275. The maximum Gasteiger partial charge on any atom is 0.466 e. The molecule has 0 radical (unpaired) electrons. The van der Waals surface area contributed by atoms with Crippen molar-refractivity contribution in [3.63, 3.8) is 0 Å². The summed E-state index contributed by atoms with van der Waals surface area (Å²) in [7, 11) is -4.64. The maximum absolute atomic E-state index is 8.88. The molecule has 0 spiro atoms. The molecule has 1 aromatic carbocycles. The molecule has 1 atom stereocenters. The average molecular weight is 331 g/mol. The van der Waals surface area contributed by atoms with Crippen molar-refractivity contribution in [1.29, 1.82) is 0 Å². The summed E-state index contributed by atoms with van der Waals surface area (Å²) >= 11 is 9.46. The molecule has 2 rings (SSSR count). The first-order chi connectivity index (χ1) is 7.29. The fourth-order valence-corrected chi connectivity index (χ4v) is 2.11. The summed E-state index contributed by atoms with van der Waals surface area (Å²) in [6.07, 6.45) is 0.986. The van der Waals surface area contributed by atoms with E-state index >= 15 is 0 Å². The summed E-state index contributed by atoms with van der Waals surface area (Å²) in [6, 6.07) is 8.17. The summed E-state index contributed by atoms with van der Waals surface area (Å²) in [5, 5.41) is 0. The molecule has 1 heterocycles. The predicted molar refractivity (Wildman–Crippen MR) is 65.5 cm³/mol. The topological polar surface area (TPSA) is 81.0 Å². The fraction of sp³-hybridized carbons (Fsp3) is 0.250. The molecule has 0 aromatic heterocycles. The highest BCUT2D eigenvalue weighted by Gasteiger charge is 2.24. The quantitative estimate of drug-likeness (QED) is 0.293. The molecule has 0 saturated heterocycles. The smallest absolute Gasteiger partial charge is 0.303 e. The van der Waals surface area contributed by atoms with Crippen LogP contribution < -0.4 is 4.42 Å². The third-order valence-corrected chi connectivity index (χ3v) is 3.24. The number of halogens is 2. The molecule has 90 valence electrons. The Bertz CT molecular complexity index is 405. The van der Waals surface area contributed by atoms with E-state index in [9.17, 15) is 0 Å². The van der Waals surface area contributed by atoms with Crippen molar-refractivity contribution >= 4 is 41.2 Å². The summed E-state index contributed by atoms with van der Waals surface area (Å²) in [6.45, 7) is 0. The summed E-state index contributed by atoms with van der Waals surface area (Å²) in [5.41, 5.74) is 2.43. The van der Waals surface area contributed by atoms with Crippen LogP contribution in [-0.2, 0) is 11.0 Å². The summed E-state index contributed by atoms with van der Waals surface area (Å²) in [4.78, 5) is 21.8. The van der Waals surface area contributed by atoms with Gasteiger partial charge in [0.2, 0.25) is 0 Å². The molecule has 1 aliphatic rings. The molecule has 1 unspecified atom stereocenters. The number of phosphoric acid groups is 1. The van der Waals surface area contributed by atoms with E-state index in [1.54, 1.807) is 4.42 Å². The van der Waals surface area contributed by atoms with E-state index in [1.165, 1.54) is 5.56 Å². The second kappa shape index (κ2) is 5.49. The minimum Gasteiger partial charge on any atom is -0.303 e. The fourth-order valence-electron chi connectivity index (χ4n) is 1.30. The Balaban J connectivity index is 0.000000221. The van der Waals surface area contributed by atoms with E-state index in [0.717, 1.165) is 12.1 Å². The van der Waals surface area contributed by atoms with E-state index in [-0.39, 0.29) is 4.95 Å².